The largest absolute Gasteiger partial charge is 0.490 e. The van der Waals surface area contributed by atoms with Crippen molar-refractivity contribution in [2.24, 2.45) is 5.92 Å². The number of aryl methyl sites for hydroxylation is 1. The van der Waals surface area contributed by atoms with E-state index >= 15 is 0 Å². The molecule has 1 N–H and O–H groups in total. The average molecular weight is 426 g/mol. The minimum Gasteiger partial charge on any atom is -0.490 e. The summed E-state index contributed by atoms with van der Waals surface area (Å²) >= 11 is 0. The Morgan fingerprint density at radius 1 is 1.12 bits per heavy atom. The third-order valence-electron chi connectivity index (χ3n) is 6.82. The molecule has 6 heteroatoms. The SMILES string of the molecule is CC(Oc1ccc2c(-c3c(-c4ccccn4)nn4c3CCC4)ccnc2c1)C1CCNC1. The molecule has 32 heavy (non-hydrogen) atoms. The summed E-state index contributed by atoms with van der Waals surface area (Å²) < 4.78 is 8.45. The summed E-state index contributed by atoms with van der Waals surface area (Å²) in [5, 5.41) is 9.49. The summed E-state index contributed by atoms with van der Waals surface area (Å²) in [6.45, 7) is 5.24. The molecule has 6 nitrogen and oxygen atoms in total. The molecular formula is C26H27N5O. The molecule has 4 aromatic rings. The first-order chi connectivity index (χ1) is 15.8. The summed E-state index contributed by atoms with van der Waals surface area (Å²) in [5.74, 6) is 1.44. The molecule has 6 rings (SSSR count). The van der Waals surface area contributed by atoms with Crippen LogP contribution in [0.2, 0.25) is 0 Å². The quantitative estimate of drug-likeness (QED) is 0.511. The van der Waals surface area contributed by atoms with E-state index in [2.05, 4.69) is 51.2 Å². The smallest absolute Gasteiger partial charge is 0.121 e. The molecule has 1 aromatic carbocycles. The number of pyridine rings is 2. The second-order valence-electron chi connectivity index (χ2n) is 8.83. The normalized spacial score (nSPS) is 18.7. The highest BCUT2D eigenvalue weighted by Crippen LogP contribution is 2.40. The first kappa shape index (κ1) is 19.4. The van der Waals surface area contributed by atoms with E-state index in [1.54, 1.807) is 0 Å². The molecular weight excluding hydrogens is 398 g/mol. The van der Waals surface area contributed by atoms with Crippen LogP contribution < -0.4 is 10.1 Å². The number of aromatic nitrogens is 4. The van der Waals surface area contributed by atoms with E-state index in [-0.39, 0.29) is 6.10 Å². The fourth-order valence-electron chi connectivity index (χ4n) is 5.10. The molecule has 2 aliphatic heterocycles. The molecule has 3 aromatic heterocycles. The molecule has 0 amide bonds. The van der Waals surface area contributed by atoms with Crippen molar-refractivity contribution < 1.29 is 4.74 Å². The molecule has 2 aliphatic rings. The van der Waals surface area contributed by atoms with Gasteiger partial charge in [-0.25, -0.2) is 0 Å². The van der Waals surface area contributed by atoms with Gasteiger partial charge in [0.25, 0.3) is 0 Å². The van der Waals surface area contributed by atoms with Gasteiger partial charge in [-0.3, -0.25) is 14.6 Å². The molecule has 5 heterocycles. The number of rotatable bonds is 5. The molecule has 1 fully saturated rings. The first-order valence-corrected chi connectivity index (χ1v) is 11.6. The lowest BCUT2D eigenvalue weighted by Crippen LogP contribution is -2.25. The molecule has 0 radical (unpaired) electrons. The number of fused-ring (bicyclic) bond motifs is 2. The summed E-state index contributed by atoms with van der Waals surface area (Å²) in [4.78, 5) is 9.27. The van der Waals surface area contributed by atoms with Crippen LogP contribution in [0.25, 0.3) is 33.4 Å². The maximum Gasteiger partial charge on any atom is 0.121 e. The topological polar surface area (TPSA) is 64.9 Å². The Balaban J connectivity index is 1.43. The van der Waals surface area contributed by atoms with Crippen molar-refractivity contribution in [3.8, 4) is 28.3 Å². The van der Waals surface area contributed by atoms with Crippen LogP contribution in [0.15, 0.2) is 54.9 Å². The van der Waals surface area contributed by atoms with E-state index in [0.717, 1.165) is 60.5 Å². The van der Waals surface area contributed by atoms with Gasteiger partial charge >= 0.3 is 0 Å². The van der Waals surface area contributed by atoms with Gasteiger partial charge in [-0.1, -0.05) is 6.07 Å². The summed E-state index contributed by atoms with van der Waals surface area (Å²) in [6, 6.07) is 14.4. The van der Waals surface area contributed by atoms with Crippen molar-refractivity contribution in [2.45, 2.75) is 38.8 Å². The first-order valence-electron chi connectivity index (χ1n) is 11.6. The maximum absolute atomic E-state index is 6.30. The Labute approximate surface area is 187 Å². The fraction of sp³-hybridized carbons (Fsp3) is 0.346. The number of hydrogen-bond donors (Lipinski definition) is 1. The van der Waals surface area contributed by atoms with Gasteiger partial charge in [-0.15, -0.1) is 0 Å². The zero-order valence-corrected chi connectivity index (χ0v) is 18.3. The number of benzene rings is 1. The third-order valence-corrected chi connectivity index (χ3v) is 6.82. The van der Waals surface area contributed by atoms with Crippen molar-refractivity contribution in [3.05, 3.63) is 60.6 Å². The van der Waals surface area contributed by atoms with Crippen LogP contribution in [0.5, 0.6) is 5.75 Å². The predicted molar refractivity (Wildman–Crippen MR) is 126 cm³/mol. The van der Waals surface area contributed by atoms with E-state index in [1.165, 1.54) is 23.2 Å². The van der Waals surface area contributed by atoms with Gasteiger partial charge in [0.05, 0.1) is 17.3 Å². The molecule has 0 aliphatic carbocycles. The van der Waals surface area contributed by atoms with Gasteiger partial charge < -0.3 is 10.1 Å². The molecule has 2 atom stereocenters. The van der Waals surface area contributed by atoms with Gasteiger partial charge in [0, 0.05) is 54.1 Å². The molecule has 1 saturated heterocycles. The Bertz CT molecular complexity index is 1260. The standard InChI is InChI=1S/C26H27N5O/c1-17(18-9-12-27-16-18)32-19-7-8-20-21(10-13-29-23(20)15-19)25-24-6-4-14-31(24)30-26(25)22-5-2-3-11-28-22/h2-3,5,7-8,10-11,13,15,17-18,27H,4,6,9,12,14,16H2,1H3. The zero-order valence-electron chi connectivity index (χ0n) is 18.3. The maximum atomic E-state index is 6.30. The van der Waals surface area contributed by atoms with E-state index < -0.39 is 0 Å². The van der Waals surface area contributed by atoms with Crippen molar-refractivity contribution in [2.75, 3.05) is 13.1 Å². The van der Waals surface area contributed by atoms with Gasteiger partial charge in [-0.05, 0) is 68.6 Å². The van der Waals surface area contributed by atoms with Crippen molar-refractivity contribution in [1.29, 1.82) is 0 Å². The van der Waals surface area contributed by atoms with Crippen LogP contribution in [0.4, 0.5) is 0 Å². The predicted octanol–water partition coefficient (Wildman–Crippen LogP) is 4.48. The van der Waals surface area contributed by atoms with Crippen LogP contribution in [0, 0.1) is 5.92 Å². The lowest BCUT2D eigenvalue weighted by atomic mass is 9.96. The van der Waals surface area contributed by atoms with Crippen molar-refractivity contribution >= 4 is 10.9 Å². The van der Waals surface area contributed by atoms with Crippen molar-refractivity contribution in [1.82, 2.24) is 25.1 Å². The Morgan fingerprint density at radius 3 is 2.94 bits per heavy atom. The van der Waals surface area contributed by atoms with Gasteiger partial charge in [0.1, 0.15) is 11.4 Å². The second kappa shape index (κ2) is 8.02. The molecule has 0 saturated carbocycles. The molecule has 2 unspecified atom stereocenters. The van der Waals surface area contributed by atoms with Crippen LogP contribution in [-0.2, 0) is 13.0 Å². The molecule has 0 bridgehead atoms. The number of hydrogen-bond acceptors (Lipinski definition) is 5. The highest BCUT2D eigenvalue weighted by atomic mass is 16.5. The molecule has 0 spiro atoms. The van der Waals surface area contributed by atoms with Gasteiger partial charge in [-0.2, -0.15) is 5.10 Å². The van der Waals surface area contributed by atoms with E-state index in [0.29, 0.717) is 5.92 Å². The van der Waals surface area contributed by atoms with Crippen LogP contribution in [0.1, 0.15) is 25.5 Å². The lowest BCUT2D eigenvalue weighted by Gasteiger charge is -2.20. The zero-order chi connectivity index (χ0) is 21.5. The highest BCUT2D eigenvalue weighted by Gasteiger charge is 2.26. The molecule has 162 valence electrons. The van der Waals surface area contributed by atoms with Crippen molar-refractivity contribution in [3.63, 3.8) is 0 Å². The minimum atomic E-state index is 0.181. The Morgan fingerprint density at radius 2 is 2.09 bits per heavy atom. The van der Waals surface area contributed by atoms with Gasteiger partial charge in [0.2, 0.25) is 0 Å². The van der Waals surface area contributed by atoms with Gasteiger partial charge in [0.15, 0.2) is 0 Å². The lowest BCUT2D eigenvalue weighted by molar-refractivity contribution is 0.161. The minimum absolute atomic E-state index is 0.181. The van der Waals surface area contributed by atoms with Crippen LogP contribution in [0.3, 0.4) is 0 Å². The summed E-state index contributed by atoms with van der Waals surface area (Å²) in [6.07, 6.45) is 7.24. The average Bonchev–Trinajstić information content (AvgIpc) is 3.57. The summed E-state index contributed by atoms with van der Waals surface area (Å²) in [5.41, 5.74) is 6.46. The highest BCUT2D eigenvalue weighted by molar-refractivity contribution is 5.99. The number of ether oxygens (including phenoxy) is 1. The van der Waals surface area contributed by atoms with E-state index in [1.807, 2.05) is 30.6 Å². The Kier molecular flexibility index (Phi) is 4.87. The monoisotopic (exact) mass is 425 g/mol. The third kappa shape index (κ3) is 3.35. The second-order valence-corrected chi connectivity index (χ2v) is 8.83. The van der Waals surface area contributed by atoms with E-state index in [9.17, 15) is 0 Å². The number of nitrogens with zero attached hydrogens (tertiary/aromatic N) is 4. The number of nitrogens with one attached hydrogen (secondary N) is 1. The van der Waals surface area contributed by atoms with Crippen LogP contribution in [-0.4, -0.2) is 38.9 Å². The fourth-order valence-corrected chi connectivity index (χ4v) is 5.10. The Hall–Kier alpha value is -3.25. The summed E-state index contributed by atoms with van der Waals surface area (Å²) in [7, 11) is 0. The van der Waals surface area contributed by atoms with Crippen LogP contribution >= 0.6 is 0 Å². The van der Waals surface area contributed by atoms with E-state index in [4.69, 9.17) is 9.84 Å².